The normalized spacial score (nSPS) is 11.1. The molecule has 0 aliphatic carbocycles. The van der Waals surface area contributed by atoms with Crippen LogP contribution in [0.1, 0.15) is 5.69 Å². The molecule has 0 amide bonds. The maximum absolute atomic E-state index is 11.8. The van der Waals surface area contributed by atoms with Crippen molar-refractivity contribution in [2.45, 2.75) is 6.92 Å². The Balaban J connectivity index is 1.83. The van der Waals surface area contributed by atoms with Crippen LogP contribution in [0.3, 0.4) is 0 Å². The van der Waals surface area contributed by atoms with Gasteiger partial charge < -0.3 is 14.0 Å². The van der Waals surface area contributed by atoms with Gasteiger partial charge in [0.05, 0.1) is 12.8 Å². The molecule has 0 aliphatic heterocycles. The zero-order chi connectivity index (χ0) is 15.3. The quantitative estimate of drug-likeness (QED) is 0.838. The molecule has 114 valence electrons. The monoisotopic (exact) mass is 312 g/mol. The largest absolute Gasteiger partial charge is 0.497 e. The van der Waals surface area contributed by atoms with E-state index in [0.29, 0.717) is 17.2 Å². The lowest BCUT2D eigenvalue weighted by Crippen LogP contribution is -2.21. The minimum absolute atomic E-state index is 0.0226. The first kappa shape index (κ1) is 15.2. The number of rotatable bonds is 7. The molecule has 0 saturated carbocycles. The maximum atomic E-state index is 11.8. The molecule has 7 nitrogen and oxygen atoms in total. The number of nitrogens with one attached hydrogen (secondary N) is 1. The van der Waals surface area contributed by atoms with Gasteiger partial charge in [0.15, 0.2) is 0 Å². The summed E-state index contributed by atoms with van der Waals surface area (Å²) >= 11 is 0. The summed E-state index contributed by atoms with van der Waals surface area (Å²) in [5.74, 6) is 1.18. The van der Waals surface area contributed by atoms with Crippen LogP contribution in [-0.4, -0.2) is 33.0 Å². The first-order valence-electron chi connectivity index (χ1n) is 6.19. The summed E-state index contributed by atoms with van der Waals surface area (Å²) in [4.78, 5) is 0. The second-order valence-electron chi connectivity index (χ2n) is 4.28. The molecule has 0 radical (unpaired) electrons. The number of ether oxygens (including phenoxy) is 2. The lowest BCUT2D eigenvalue weighted by molar-refractivity contribution is 0.339. The van der Waals surface area contributed by atoms with E-state index in [9.17, 15) is 8.42 Å². The van der Waals surface area contributed by atoms with Crippen LogP contribution in [0.2, 0.25) is 0 Å². The van der Waals surface area contributed by atoms with Gasteiger partial charge in [0.2, 0.25) is 15.9 Å². The molecule has 0 atom stereocenters. The number of aryl methyl sites for hydroxylation is 1. The number of hydrogen-bond donors (Lipinski definition) is 1. The molecule has 1 aromatic carbocycles. The number of sulfonamides is 1. The van der Waals surface area contributed by atoms with Crippen LogP contribution < -0.4 is 14.2 Å². The Labute approximate surface area is 122 Å². The van der Waals surface area contributed by atoms with Crippen LogP contribution in [-0.2, 0) is 10.0 Å². The molecule has 0 saturated heterocycles. The zero-order valence-corrected chi connectivity index (χ0v) is 12.5. The molecule has 0 fully saturated rings. The molecule has 21 heavy (non-hydrogen) atoms. The summed E-state index contributed by atoms with van der Waals surface area (Å²) in [7, 11) is -1.97. The smallest absolute Gasteiger partial charge is 0.238 e. The Morgan fingerprint density at radius 2 is 1.90 bits per heavy atom. The first-order valence-corrected chi connectivity index (χ1v) is 7.84. The van der Waals surface area contributed by atoms with Crippen molar-refractivity contribution in [1.82, 2.24) is 5.16 Å². The molecule has 0 spiro atoms. The van der Waals surface area contributed by atoms with Crippen LogP contribution >= 0.6 is 0 Å². The molecule has 2 rings (SSSR count). The molecule has 1 N–H and O–H groups in total. The van der Waals surface area contributed by atoms with Gasteiger partial charge in [-0.1, -0.05) is 5.16 Å². The topological polar surface area (TPSA) is 90.7 Å². The summed E-state index contributed by atoms with van der Waals surface area (Å²) < 4.78 is 41.1. The summed E-state index contributed by atoms with van der Waals surface area (Å²) in [5.41, 5.74) is 0.599. The average molecular weight is 312 g/mol. The van der Waals surface area contributed by atoms with Crippen molar-refractivity contribution in [3.63, 3.8) is 0 Å². The van der Waals surface area contributed by atoms with Crippen LogP contribution in [0.4, 0.5) is 5.88 Å². The Morgan fingerprint density at radius 1 is 1.24 bits per heavy atom. The van der Waals surface area contributed by atoms with Gasteiger partial charge in [-0.25, -0.2) is 8.42 Å². The van der Waals surface area contributed by atoms with Crippen molar-refractivity contribution < 1.29 is 22.4 Å². The van der Waals surface area contributed by atoms with Gasteiger partial charge in [-0.2, -0.15) is 0 Å². The second kappa shape index (κ2) is 6.49. The number of nitrogens with zero attached hydrogens (tertiary/aromatic N) is 1. The highest BCUT2D eigenvalue weighted by Crippen LogP contribution is 2.17. The van der Waals surface area contributed by atoms with Gasteiger partial charge in [-0.05, 0) is 31.2 Å². The van der Waals surface area contributed by atoms with Gasteiger partial charge in [0.1, 0.15) is 23.9 Å². The molecule has 2 aromatic rings. The van der Waals surface area contributed by atoms with E-state index in [1.165, 1.54) is 6.07 Å². The highest BCUT2D eigenvalue weighted by atomic mass is 32.2. The highest BCUT2D eigenvalue weighted by molar-refractivity contribution is 7.92. The van der Waals surface area contributed by atoms with Gasteiger partial charge in [-0.15, -0.1) is 0 Å². The lowest BCUT2D eigenvalue weighted by atomic mass is 10.3. The van der Waals surface area contributed by atoms with Crippen molar-refractivity contribution in [2.75, 3.05) is 24.2 Å². The van der Waals surface area contributed by atoms with Crippen LogP contribution in [0.25, 0.3) is 0 Å². The highest BCUT2D eigenvalue weighted by Gasteiger charge is 2.13. The van der Waals surface area contributed by atoms with Crippen LogP contribution in [0.5, 0.6) is 11.5 Å². The fraction of sp³-hybridized carbons (Fsp3) is 0.308. The van der Waals surface area contributed by atoms with Crippen LogP contribution in [0.15, 0.2) is 34.9 Å². The van der Waals surface area contributed by atoms with E-state index >= 15 is 0 Å². The molecule has 1 aromatic heterocycles. The third-order valence-corrected chi connectivity index (χ3v) is 3.78. The standard InChI is InChI=1S/C13H16N2O5S/c1-10-9-13(20-14-10)15-21(16,17)8-7-19-12-5-3-11(18-2)4-6-12/h3-6,9,15H,7-8H2,1-2H3. The number of hydrogen-bond acceptors (Lipinski definition) is 6. The van der Waals surface area contributed by atoms with Gasteiger partial charge in [0, 0.05) is 6.07 Å². The van der Waals surface area contributed by atoms with Gasteiger partial charge in [0.25, 0.3) is 0 Å². The Bertz CT molecular complexity index is 679. The van der Waals surface area contributed by atoms with E-state index in [0.717, 1.165) is 0 Å². The number of benzene rings is 1. The second-order valence-corrected chi connectivity index (χ2v) is 6.12. The average Bonchev–Trinajstić information content (AvgIpc) is 2.84. The molecule has 0 aliphatic rings. The minimum Gasteiger partial charge on any atom is -0.497 e. The van der Waals surface area contributed by atoms with E-state index < -0.39 is 10.0 Å². The maximum Gasteiger partial charge on any atom is 0.238 e. The predicted octanol–water partition coefficient (Wildman–Crippen LogP) is 1.81. The summed E-state index contributed by atoms with van der Waals surface area (Å²) in [5, 5.41) is 3.60. The van der Waals surface area contributed by atoms with Crippen molar-refractivity contribution in [3.8, 4) is 11.5 Å². The third kappa shape index (κ3) is 4.67. The summed E-state index contributed by atoms with van der Waals surface area (Å²) in [6, 6.07) is 8.39. The summed E-state index contributed by atoms with van der Waals surface area (Å²) in [6.45, 7) is 1.73. The number of aromatic nitrogens is 1. The van der Waals surface area contributed by atoms with E-state index in [4.69, 9.17) is 14.0 Å². The molecular weight excluding hydrogens is 296 g/mol. The van der Waals surface area contributed by atoms with Gasteiger partial charge in [-0.3, -0.25) is 4.72 Å². The fourth-order valence-electron chi connectivity index (χ4n) is 1.56. The van der Waals surface area contributed by atoms with E-state index in [1.54, 1.807) is 38.3 Å². The van der Waals surface area contributed by atoms with Crippen molar-refractivity contribution in [2.24, 2.45) is 0 Å². The predicted molar refractivity (Wildman–Crippen MR) is 77.1 cm³/mol. The van der Waals surface area contributed by atoms with Crippen molar-refractivity contribution in [3.05, 3.63) is 36.0 Å². The van der Waals surface area contributed by atoms with E-state index in [-0.39, 0.29) is 18.2 Å². The Morgan fingerprint density at radius 3 is 2.48 bits per heavy atom. The summed E-state index contributed by atoms with van der Waals surface area (Å²) in [6.07, 6.45) is 0. The minimum atomic E-state index is -3.54. The van der Waals surface area contributed by atoms with Gasteiger partial charge >= 0.3 is 0 Å². The first-order chi connectivity index (χ1) is 9.98. The van der Waals surface area contributed by atoms with E-state index in [1.807, 2.05) is 0 Å². The Kier molecular flexibility index (Phi) is 4.69. The Hall–Kier alpha value is -2.22. The molecule has 1 heterocycles. The fourth-order valence-corrected chi connectivity index (χ4v) is 2.36. The molecule has 8 heteroatoms. The zero-order valence-electron chi connectivity index (χ0n) is 11.7. The van der Waals surface area contributed by atoms with Crippen LogP contribution in [0, 0.1) is 6.92 Å². The molecule has 0 bridgehead atoms. The van der Waals surface area contributed by atoms with E-state index in [2.05, 4.69) is 9.88 Å². The lowest BCUT2D eigenvalue weighted by Gasteiger charge is -2.08. The SMILES string of the molecule is COc1ccc(OCCS(=O)(=O)Nc2cc(C)no2)cc1. The van der Waals surface area contributed by atoms with Crippen molar-refractivity contribution >= 4 is 15.9 Å². The number of anilines is 1. The van der Waals surface area contributed by atoms with Crippen molar-refractivity contribution in [1.29, 1.82) is 0 Å². The third-order valence-electron chi connectivity index (χ3n) is 2.56. The molecular formula is C13H16N2O5S. The molecule has 0 unspecified atom stereocenters. The number of methoxy groups -OCH3 is 1.